The van der Waals surface area contributed by atoms with Gasteiger partial charge in [-0.2, -0.15) is 0 Å². The Morgan fingerprint density at radius 3 is 2.35 bits per heavy atom. The molecule has 136 valence electrons. The van der Waals surface area contributed by atoms with Gasteiger partial charge in [0.1, 0.15) is 13.2 Å². The van der Waals surface area contributed by atoms with Crippen molar-refractivity contribution in [1.82, 2.24) is 10.2 Å². The standard InChI is InChI=1S/C20H22N2O4/c1-14(23)21-12-15-3-6-17(7-4-15)20(24)22(2)13-16-5-8-18-19(11-16)26-10-9-25-18/h3-8,11H,9-10,12-13H2,1-2H3,(H,21,23). The number of carbonyl (C=O) groups excluding carboxylic acids is 2. The third-order valence-corrected chi connectivity index (χ3v) is 4.12. The average Bonchev–Trinajstić information content (AvgIpc) is 2.66. The summed E-state index contributed by atoms with van der Waals surface area (Å²) in [6.07, 6.45) is 0. The summed E-state index contributed by atoms with van der Waals surface area (Å²) in [5.74, 6) is 1.32. The lowest BCUT2D eigenvalue weighted by molar-refractivity contribution is -0.119. The van der Waals surface area contributed by atoms with Gasteiger partial charge in [-0.25, -0.2) is 0 Å². The van der Waals surface area contributed by atoms with Crippen LogP contribution in [0.4, 0.5) is 0 Å². The molecule has 0 bridgehead atoms. The first-order chi connectivity index (χ1) is 12.5. The van der Waals surface area contributed by atoms with Crippen molar-refractivity contribution in [1.29, 1.82) is 0 Å². The van der Waals surface area contributed by atoms with Crippen LogP contribution in [0, 0.1) is 0 Å². The molecule has 0 radical (unpaired) electrons. The molecule has 3 rings (SSSR count). The minimum absolute atomic E-state index is 0.0639. The molecule has 26 heavy (non-hydrogen) atoms. The van der Waals surface area contributed by atoms with Crippen molar-refractivity contribution in [3.63, 3.8) is 0 Å². The van der Waals surface area contributed by atoms with Gasteiger partial charge in [-0.15, -0.1) is 0 Å². The van der Waals surface area contributed by atoms with E-state index in [0.29, 0.717) is 31.9 Å². The summed E-state index contributed by atoms with van der Waals surface area (Å²) in [5, 5.41) is 2.73. The predicted octanol–water partition coefficient (Wildman–Crippen LogP) is 2.37. The van der Waals surface area contributed by atoms with Gasteiger partial charge in [0.05, 0.1) is 0 Å². The SMILES string of the molecule is CC(=O)NCc1ccc(C(=O)N(C)Cc2ccc3c(c2)OCCO3)cc1. The number of hydrogen-bond acceptors (Lipinski definition) is 4. The van der Waals surface area contributed by atoms with Crippen LogP contribution in [0.3, 0.4) is 0 Å². The van der Waals surface area contributed by atoms with Gasteiger partial charge in [-0.1, -0.05) is 18.2 Å². The van der Waals surface area contributed by atoms with Gasteiger partial charge >= 0.3 is 0 Å². The fourth-order valence-electron chi connectivity index (χ4n) is 2.74. The quantitative estimate of drug-likeness (QED) is 0.895. The van der Waals surface area contributed by atoms with Gasteiger partial charge in [-0.05, 0) is 35.4 Å². The highest BCUT2D eigenvalue weighted by Gasteiger charge is 2.15. The van der Waals surface area contributed by atoms with Gasteiger partial charge < -0.3 is 19.7 Å². The largest absolute Gasteiger partial charge is 0.486 e. The first-order valence-corrected chi connectivity index (χ1v) is 8.50. The van der Waals surface area contributed by atoms with E-state index >= 15 is 0 Å². The summed E-state index contributed by atoms with van der Waals surface area (Å²) >= 11 is 0. The number of ether oxygens (including phenoxy) is 2. The summed E-state index contributed by atoms with van der Waals surface area (Å²) < 4.78 is 11.1. The van der Waals surface area contributed by atoms with Gasteiger partial charge in [-0.3, -0.25) is 9.59 Å². The molecule has 2 aromatic rings. The molecule has 0 fully saturated rings. The van der Waals surface area contributed by atoms with Crippen molar-refractivity contribution in [3.05, 3.63) is 59.2 Å². The molecule has 2 amide bonds. The molecule has 2 aromatic carbocycles. The van der Waals surface area contributed by atoms with Crippen LogP contribution in [0.15, 0.2) is 42.5 Å². The maximum Gasteiger partial charge on any atom is 0.253 e. The molecule has 0 unspecified atom stereocenters. The molecular formula is C20H22N2O4. The normalized spacial score (nSPS) is 12.4. The lowest BCUT2D eigenvalue weighted by Crippen LogP contribution is -2.26. The summed E-state index contributed by atoms with van der Waals surface area (Å²) in [7, 11) is 1.77. The predicted molar refractivity (Wildman–Crippen MR) is 97.2 cm³/mol. The summed E-state index contributed by atoms with van der Waals surface area (Å²) in [6, 6.07) is 13.0. The van der Waals surface area contributed by atoms with E-state index in [1.165, 1.54) is 6.92 Å². The van der Waals surface area contributed by atoms with Crippen molar-refractivity contribution in [2.24, 2.45) is 0 Å². The van der Waals surface area contributed by atoms with Crippen LogP contribution in [0.5, 0.6) is 11.5 Å². The van der Waals surface area contributed by atoms with Crippen molar-refractivity contribution in [2.75, 3.05) is 20.3 Å². The molecule has 1 N–H and O–H groups in total. The number of hydrogen-bond donors (Lipinski definition) is 1. The molecule has 0 saturated carbocycles. The number of nitrogens with one attached hydrogen (secondary N) is 1. The van der Waals surface area contributed by atoms with Crippen LogP contribution in [0.1, 0.15) is 28.4 Å². The van der Waals surface area contributed by atoms with E-state index in [1.54, 1.807) is 24.1 Å². The lowest BCUT2D eigenvalue weighted by Gasteiger charge is -2.21. The molecule has 0 spiro atoms. The molecule has 1 aliphatic rings. The number of amides is 2. The van der Waals surface area contributed by atoms with Crippen LogP contribution in [-0.2, 0) is 17.9 Å². The second-order valence-electron chi connectivity index (χ2n) is 6.25. The van der Waals surface area contributed by atoms with Crippen LogP contribution < -0.4 is 14.8 Å². The monoisotopic (exact) mass is 354 g/mol. The molecule has 6 heteroatoms. The van der Waals surface area contributed by atoms with E-state index in [0.717, 1.165) is 22.6 Å². The Morgan fingerprint density at radius 1 is 1.00 bits per heavy atom. The van der Waals surface area contributed by atoms with Gasteiger partial charge in [0.15, 0.2) is 11.5 Å². The van der Waals surface area contributed by atoms with Crippen LogP contribution in [0.25, 0.3) is 0 Å². The number of benzene rings is 2. The highest BCUT2D eigenvalue weighted by molar-refractivity contribution is 5.94. The maximum atomic E-state index is 12.6. The lowest BCUT2D eigenvalue weighted by atomic mass is 10.1. The Morgan fingerprint density at radius 2 is 1.65 bits per heavy atom. The Hall–Kier alpha value is -3.02. The molecule has 1 heterocycles. The van der Waals surface area contributed by atoms with Crippen molar-refractivity contribution in [3.8, 4) is 11.5 Å². The first-order valence-electron chi connectivity index (χ1n) is 8.50. The van der Waals surface area contributed by atoms with Crippen molar-refractivity contribution < 1.29 is 19.1 Å². The van der Waals surface area contributed by atoms with Crippen LogP contribution in [-0.4, -0.2) is 37.0 Å². The first kappa shape index (κ1) is 17.8. The molecular weight excluding hydrogens is 332 g/mol. The number of nitrogens with zero attached hydrogens (tertiary/aromatic N) is 1. The molecule has 1 aliphatic heterocycles. The van der Waals surface area contributed by atoms with Crippen LogP contribution >= 0.6 is 0 Å². The number of carbonyl (C=O) groups is 2. The fraction of sp³-hybridized carbons (Fsp3) is 0.300. The minimum atomic E-state index is -0.0793. The molecule has 0 saturated heterocycles. The zero-order chi connectivity index (χ0) is 18.5. The van der Waals surface area contributed by atoms with E-state index in [2.05, 4.69) is 5.32 Å². The van der Waals surface area contributed by atoms with Crippen LogP contribution in [0.2, 0.25) is 0 Å². The highest BCUT2D eigenvalue weighted by atomic mass is 16.6. The summed E-state index contributed by atoms with van der Waals surface area (Å²) in [6.45, 7) is 3.50. The molecule has 0 aliphatic carbocycles. The Kier molecular flexibility index (Phi) is 5.41. The minimum Gasteiger partial charge on any atom is -0.486 e. The Labute approximate surface area is 152 Å². The van der Waals surface area contributed by atoms with E-state index in [1.807, 2.05) is 30.3 Å². The second-order valence-corrected chi connectivity index (χ2v) is 6.25. The molecule has 0 atom stereocenters. The van der Waals surface area contributed by atoms with E-state index in [-0.39, 0.29) is 11.8 Å². The maximum absolute atomic E-state index is 12.6. The van der Waals surface area contributed by atoms with Crippen molar-refractivity contribution >= 4 is 11.8 Å². The fourth-order valence-corrected chi connectivity index (χ4v) is 2.74. The number of fused-ring (bicyclic) bond motifs is 1. The Balaban J connectivity index is 1.63. The third kappa shape index (κ3) is 4.33. The van der Waals surface area contributed by atoms with E-state index in [9.17, 15) is 9.59 Å². The highest BCUT2D eigenvalue weighted by Crippen LogP contribution is 2.31. The topological polar surface area (TPSA) is 67.9 Å². The summed E-state index contributed by atoms with van der Waals surface area (Å²) in [5.41, 5.74) is 2.54. The molecule has 0 aromatic heterocycles. The van der Waals surface area contributed by atoms with Gasteiger partial charge in [0.25, 0.3) is 5.91 Å². The summed E-state index contributed by atoms with van der Waals surface area (Å²) in [4.78, 5) is 25.2. The smallest absolute Gasteiger partial charge is 0.253 e. The van der Waals surface area contributed by atoms with Gasteiger partial charge in [0.2, 0.25) is 5.91 Å². The van der Waals surface area contributed by atoms with E-state index in [4.69, 9.17) is 9.47 Å². The van der Waals surface area contributed by atoms with E-state index < -0.39 is 0 Å². The van der Waals surface area contributed by atoms with Crippen molar-refractivity contribution in [2.45, 2.75) is 20.0 Å². The zero-order valence-electron chi connectivity index (χ0n) is 15.0. The zero-order valence-corrected chi connectivity index (χ0v) is 15.0. The molecule has 6 nitrogen and oxygen atoms in total. The average molecular weight is 354 g/mol. The Bertz CT molecular complexity index is 802. The number of rotatable bonds is 5. The third-order valence-electron chi connectivity index (χ3n) is 4.12. The van der Waals surface area contributed by atoms with Gasteiger partial charge in [0, 0.05) is 32.6 Å². The second kappa shape index (κ2) is 7.91.